The van der Waals surface area contributed by atoms with E-state index in [9.17, 15) is 10.2 Å². The number of hydrogen-bond donors (Lipinski definition) is 3. The van der Waals surface area contributed by atoms with E-state index in [1.165, 1.54) is 0 Å². The first-order chi connectivity index (χ1) is 8.64. The lowest BCUT2D eigenvalue weighted by Gasteiger charge is -2.27. The van der Waals surface area contributed by atoms with Crippen molar-refractivity contribution in [1.82, 2.24) is 0 Å². The summed E-state index contributed by atoms with van der Waals surface area (Å²) in [5.41, 5.74) is 6.25. The number of phenolic OH excluding ortho intramolecular Hbond substituents is 1. The highest BCUT2D eigenvalue weighted by Gasteiger charge is 2.27. The van der Waals surface area contributed by atoms with Crippen LogP contribution in [0.1, 0.15) is 11.1 Å². The molecule has 0 aliphatic rings. The van der Waals surface area contributed by atoms with Gasteiger partial charge in [-0.2, -0.15) is 0 Å². The van der Waals surface area contributed by atoms with E-state index >= 15 is 0 Å². The molecule has 0 aromatic heterocycles. The van der Waals surface area contributed by atoms with Gasteiger partial charge in [-0.15, -0.1) is 0 Å². The average Bonchev–Trinajstić information content (AvgIpc) is 2.39. The number of benzene rings is 2. The lowest BCUT2D eigenvalue weighted by Crippen LogP contribution is -2.37. The van der Waals surface area contributed by atoms with Gasteiger partial charge < -0.3 is 15.9 Å². The van der Waals surface area contributed by atoms with Gasteiger partial charge in [0.2, 0.25) is 0 Å². The smallest absolute Gasteiger partial charge is 0.115 e. The second-order valence-corrected chi connectivity index (χ2v) is 4.45. The normalized spacial score (nSPS) is 14.1. The molecule has 3 heteroatoms. The van der Waals surface area contributed by atoms with Gasteiger partial charge in [-0.05, 0) is 23.3 Å². The first kappa shape index (κ1) is 12.6. The molecule has 0 bridgehead atoms. The van der Waals surface area contributed by atoms with Crippen molar-refractivity contribution in [3.05, 3.63) is 65.7 Å². The van der Waals surface area contributed by atoms with Gasteiger partial charge >= 0.3 is 0 Å². The van der Waals surface area contributed by atoms with Crippen LogP contribution in [-0.2, 0) is 12.0 Å². The van der Waals surface area contributed by atoms with E-state index in [0.29, 0.717) is 6.42 Å². The van der Waals surface area contributed by atoms with Crippen molar-refractivity contribution in [3.63, 3.8) is 0 Å². The highest BCUT2D eigenvalue weighted by atomic mass is 16.3. The van der Waals surface area contributed by atoms with Gasteiger partial charge in [-0.3, -0.25) is 0 Å². The Labute approximate surface area is 107 Å². The summed E-state index contributed by atoms with van der Waals surface area (Å²) in [6, 6.07) is 16.2. The zero-order valence-corrected chi connectivity index (χ0v) is 10.1. The maximum absolute atomic E-state index is 10.6. The maximum Gasteiger partial charge on any atom is 0.115 e. The van der Waals surface area contributed by atoms with Gasteiger partial charge in [0.15, 0.2) is 0 Å². The molecular formula is C15H17NO2. The summed E-state index contributed by atoms with van der Waals surface area (Å²) in [7, 11) is 0. The van der Waals surface area contributed by atoms with Gasteiger partial charge in [-0.25, -0.2) is 0 Å². The standard InChI is InChI=1S/C15H17NO2/c16-11-15(18,13-6-2-1-3-7-13)10-12-5-4-8-14(17)9-12/h1-9,17-18H,10-11,16H2. The Morgan fingerprint density at radius 1 is 1.00 bits per heavy atom. The number of nitrogens with two attached hydrogens (primary N) is 1. The van der Waals surface area contributed by atoms with Gasteiger partial charge in [0.05, 0.1) is 0 Å². The van der Waals surface area contributed by atoms with Crippen molar-refractivity contribution < 1.29 is 10.2 Å². The molecule has 2 rings (SSSR count). The van der Waals surface area contributed by atoms with E-state index in [2.05, 4.69) is 0 Å². The second kappa shape index (κ2) is 5.21. The second-order valence-electron chi connectivity index (χ2n) is 4.45. The zero-order valence-electron chi connectivity index (χ0n) is 10.1. The molecule has 3 nitrogen and oxygen atoms in total. The first-order valence-corrected chi connectivity index (χ1v) is 5.90. The Kier molecular flexibility index (Phi) is 3.65. The predicted octanol–water partition coefficient (Wildman–Crippen LogP) is 1.78. The van der Waals surface area contributed by atoms with Crippen LogP contribution in [0.3, 0.4) is 0 Å². The fourth-order valence-corrected chi connectivity index (χ4v) is 2.04. The van der Waals surface area contributed by atoms with Gasteiger partial charge in [0, 0.05) is 13.0 Å². The van der Waals surface area contributed by atoms with E-state index < -0.39 is 5.60 Å². The Morgan fingerprint density at radius 3 is 2.33 bits per heavy atom. The molecule has 1 atom stereocenters. The third-order valence-corrected chi connectivity index (χ3v) is 3.06. The summed E-state index contributed by atoms with van der Waals surface area (Å²) in [6.07, 6.45) is 0.377. The van der Waals surface area contributed by atoms with Crippen LogP contribution in [0.4, 0.5) is 0 Å². The molecule has 0 heterocycles. The van der Waals surface area contributed by atoms with E-state index in [1.807, 2.05) is 36.4 Å². The van der Waals surface area contributed by atoms with Crippen LogP contribution in [0.25, 0.3) is 0 Å². The molecular weight excluding hydrogens is 226 g/mol. The van der Waals surface area contributed by atoms with Crippen molar-refractivity contribution >= 4 is 0 Å². The van der Waals surface area contributed by atoms with E-state index in [0.717, 1.165) is 11.1 Å². The number of hydrogen-bond acceptors (Lipinski definition) is 3. The Bertz CT molecular complexity index is 513. The lowest BCUT2D eigenvalue weighted by atomic mass is 9.87. The Balaban J connectivity index is 2.29. The molecule has 2 aromatic rings. The minimum Gasteiger partial charge on any atom is -0.508 e. The summed E-state index contributed by atoms with van der Waals surface area (Å²) < 4.78 is 0. The van der Waals surface area contributed by atoms with Gasteiger partial charge in [0.25, 0.3) is 0 Å². The summed E-state index contributed by atoms with van der Waals surface area (Å²) in [4.78, 5) is 0. The molecule has 4 N–H and O–H groups in total. The van der Waals surface area contributed by atoms with Crippen LogP contribution in [0.15, 0.2) is 54.6 Å². The van der Waals surface area contributed by atoms with Crippen LogP contribution in [-0.4, -0.2) is 16.8 Å². The fourth-order valence-electron chi connectivity index (χ4n) is 2.04. The summed E-state index contributed by atoms with van der Waals surface area (Å²) in [5, 5.41) is 20.1. The quantitative estimate of drug-likeness (QED) is 0.767. The number of aromatic hydroxyl groups is 1. The fraction of sp³-hybridized carbons (Fsp3) is 0.200. The van der Waals surface area contributed by atoms with E-state index in [-0.39, 0.29) is 12.3 Å². The highest BCUT2D eigenvalue weighted by Crippen LogP contribution is 2.25. The van der Waals surface area contributed by atoms with Crippen molar-refractivity contribution in [2.45, 2.75) is 12.0 Å². The number of rotatable bonds is 4. The Morgan fingerprint density at radius 2 is 1.72 bits per heavy atom. The molecule has 2 aromatic carbocycles. The topological polar surface area (TPSA) is 66.5 Å². The zero-order chi connectivity index (χ0) is 13.0. The SMILES string of the molecule is NCC(O)(Cc1cccc(O)c1)c1ccccc1. The molecule has 0 aliphatic heterocycles. The lowest BCUT2D eigenvalue weighted by molar-refractivity contribution is 0.0462. The molecule has 18 heavy (non-hydrogen) atoms. The third-order valence-electron chi connectivity index (χ3n) is 3.06. The molecule has 0 fully saturated rings. The highest BCUT2D eigenvalue weighted by molar-refractivity contribution is 5.31. The molecule has 94 valence electrons. The summed E-state index contributed by atoms with van der Waals surface area (Å²) >= 11 is 0. The Hall–Kier alpha value is -1.84. The predicted molar refractivity (Wildman–Crippen MR) is 71.2 cm³/mol. The molecule has 0 radical (unpaired) electrons. The summed E-state index contributed by atoms with van der Waals surface area (Å²) in [5.74, 6) is 0.194. The van der Waals surface area contributed by atoms with Crippen LogP contribution in [0.5, 0.6) is 5.75 Å². The monoisotopic (exact) mass is 243 g/mol. The van der Waals surface area contributed by atoms with Gasteiger partial charge in [-0.1, -0.05) is 42.5 Å². The molecule has 0 saturated heterocycles. The number of aliphatic hydroxyl groups is 1. The minimum atomic E-state index is -1.10. The van der Waals surface area contributed by atoms with Crippen molar-refractivity contribution in [2.75, 3.05) is 6.54 Å². The van der Waals surface area contributed by atoms with Crippen molar-refractivity contribution in [3.8, 4) is 5.75 Å². The van der Waals surface area contributed by atoms with Crippen LogP contribution < -0.4 is 5.73 Å². The maximum atomic E-state index is 10.6. The molecule has 0 aliphatic carbocycles. The molecule has 1 unspecified atom stereocenters. The minimum absolute atomic E-state index is 0.132. The van der Waals surface area contributed by atoms with Crippen LogP contribution >= 0.6 is 0 Å². The first-order valence-electron chi connectivity index (χ1n) is 5.90. The van der Waals surface area contributed by atoms with Crippen LogP contribution in [0.2, 0.25) is 0 Å². The van der Waals surface area contributed by atoms with Crippen molar-refractivity contribution in [1.29, 1.82) is 0 Å². The van der Waals surface area contributed by atoms with Crippen molar-refractivity contribution in [2.24, 2.45) is 5.73 Å². The molecule has 0 spiro atoms. The van der Waals surface area contributed by atoms with Crippen LogP contribution in [0, 0.1) is 0 Å². The largest absolute Gasteiger partial charge is 0.508 e. The number of phenols is 1. The molecule has 0 amide bonds. The average molecular weight is 243 g/mol. The molecule has 0 saturated carbocycles. The summed E-state index contributed by atoms with van der Waals surface area (Å²) in [6.45, 7) is 0.132. The van der Waals surface area contributed by atoms with E-state index in [4.69, 9.17) is 5.73 Å². The van der Waals surface area contributed by atoms with Gasteiger partial charge in [0.1, 0.15) is 11.4 Å². The third kappa shape index (κ3) is 2.70. The van der Waals surface area contributed by atoms with E-state index in [1.54, 1.807) is 18.2 Å².